The van der Waals surface area contributed by atoms with Crippen molar-refractivity contribution in [2.75, 3.05) is 13.2 Å². The number of rotatable bonds is 6. The number of ether oxygens (including phenoxy) is 3. The first-order chi connectivity index (χ1) is 13.2. The highest BCUT2D eigenvalue weighted by atomic mass is 35.5. The minimum Gasteiger partial charge on any atom is -0.489 e. The number of esters is 1. The van der Waals surface area contributed by atoms with Crippen LogP contribution in [-0.2, 0) is 14.3 Å². The van der Waals surface area contributed by atoms with Crippen LogP contribution in [0, 0.1) is 0 Å². The van der Waals surface area contributed by atoms with Gasteiger partial charge >= 0.3 is 5.97 Å². The van der Waals surface area contributed by atoms with E-state index < -0.39 is 12.1 Å². The summed E-state index contributed by atoms with van der Waals surface area (Å²) < 4.78 is 16.5. The molecule has 1 aromatic carbocycles. The second-order valence-electron chi connectivity index (χ2n) is 7.23. The van der Waals surface area contributed by atoms with Crippen molar-refractivity contribution in [3.8, 4) is 11.5 Å². The van der Waals surface area contributed by atoms with Crippen molar-refractivity contribution >= 4 is 29.6 Å². The number of hydrogen-bond donors (Lipinski definition) is 0. The van der Waals surface area contributed by atoms with Gasteiger partial charge in [-0.05, 0) is 58.4 Å². The highest BCUT2D eigenvalue weighted by Gasteiger charge is 2.27. The van der Waals surface area contributed by atoms with Crippen LogP contribution in [0.25, 0.3) is 6.08 Å². The summed E-state index contributed by atoms with van der Waals surface area (Å²) in [5.74, 6) is 0.244. The Morgan fingerprint density at radius 3 is 2.39 bits per heavy atom. The third kappa shape index (κ3) is 5.64. The Morgan fingerprint density at radius 2 is 1.75 bits per heavy atom. The molecule has 1 amide bonds. The van der Waals surface area contributed by atoms with Crippen molar-refractivity contribution in [3.05, 3.63) is 28.8 Å². The van der Waals surface area contributed by atoms with Crippen molar-refractivity contribution in [1.82, 2.24) is 4.90 Å². The molecule has 0 N–H and O–H groups in total. The maximum Gasteiger partial charge on any atom is 0.331 e. The highest BCUT2D eigenvalue weighted by Crippen LogP contribution is 2.38. The lowest BCUT2D eigenvalue weighted by atomic mass is 10.2. The third-order valence-electron chi connectivity index (χ3n) is 4.24. The summed E-state index contributed by atoms with van der Waals surface area (Å²) in [4.78, 5) is 26.4. The summed E-state index contributed by atoms with van der Waals surface area (Å²) in [5.41, 5.74) is 0.677. The molecule has 28 heavy (non-hydrogen) atoms. The molecule has 1 aliphatic rings. The van der Waals surface area contributed by atoms with Crippen LogP contribution in [-0.4, -0.2) is 48.2 Å². The predicted octanol–water partition coefficient (Wildman–Crippen LogP) is 4.09. The van der Waals surface area contributed by atoms with Gasteiger partial charge in [0.25, 0.3) is 5.91 Å². The largest absolute Gasteiger partial charge is 0.489 e. The van der Waals surface area contributed by atoms with Crippen molar-refractivity contribution < 1.29 is 23.8 Å². The molecule has 1 aromatic rings. The normalized spacial score (nSPS) is 14.9. The number of amides is 1. The average Bonchev–Trinajstić information content (AvgIpc) is 2.85. The summed E-state index contributed by atoms with van der Waals surface area (Å²) in [6.45, 7) is 10.4. The van der Waals surface area contributed by atoms with E-state index in [9.17, 15) is 9.59 Å². The fourth-order valence-corrected chi connectivity index (χ4v) is 3.36. The van der Waals surface area contributed by atoms with E-state index in [2.05, 4.69) is 0 Å². The second kappa shape index (κ2) is 9.82. The Balaban J connectivity index is 2.04. The van der Waals surface area contributed by atoms with Gasteiger partial charge in [-0.2, -0.15) is 0 Å². The molecule has 0 unspecified atom stereocenters. The first-order valence-corrected chi connectivity index (χ1v) is 9.88. The van der Waals surface area contributed by atoms with Crippen LogP contribution in [0.15, 0.2) is 18.2 Å². The Morgan fingerprint density at radius 1 is 1.11 bits per heavy atom. The lowest BCUT2D eigenvalue weighted by molar-refractivity contribution is -0.157. The lowest BCUT2D eigenvalue weighted by Crippen LogP contribution is -2.47. The Bertz CT molecular complexity index is 737. The van der Waals surface area contributed by atoms with E-state index in [1.807, 2.05) is 27.7 Å². The minimum absolute atomic E-state index is 0.0214. The Labute approximate surface area is 171 Å². The van der Waals surface area contributed by atoms with Gasteiger partial charge < -0.3 is 19.1 Å². The number of carbonyl (C=O) groups excluding carboxylic acids is 2. The van der Waals surface area contributed by atoms with E-state index >= 15 is 0 Å². The molecule has 0 bridgehead atoms. The zero-order chi connectivity index (χ0) is 20.8. The van der Waals surface area contributed by atoms with E-state index in [1.165, 1.54) is 6.08 Å². The number of fused-ring (bicyclic) bond motifs is 1. The molecule has 154 valence electrons. The molecule has 1 heterocycles. The second-order valence-corrected chi connectivity index (χ2v) is 7.63. The van der Waals surface area contributed by atoms with Crippen LogP contribution in [0.3, 0.4) is 0 Å². The summed E-state index contributed by atoms with van der Waals surface area (Å²) in [7, 11) is 0. The quantitative estimate of drug-likeness (QED) is 0.523. The van der Waals surface area contributed by atoms with Crippen LogP contribution in [0.5, 0.6) is 11.5 Å². The van der Waals surface area contributed by atoms with E-state index in [0.717, 1.165) is 6.42 Å². The van der Waals surface area contributed by atoms with Gasteiger partial charge in [0.15, 0.2) is 17.6 Å². The topological polar surface area (TPSA) is 65.1 Å². The molecule has 1 atom stereocenters. The number of carbonyl (C=O) groups is 2. The number of benzene rings is 1. The smallest absolute Gasteiger partial charge is 0.331 e. The molecule has 6 nitrogen and oxygen atoms in total. The number of nitrogens with zero attached hydrogens (tertiary/aromatic N) is 1. The lowest BCUT2D eigenvalue weighted by Gasteiger charge is -2.32. The zero-order valence-electron chi connectivity index (χ0n) is 17.0. The molecule has 0 saturated heterocycles. The molecule has 0 aliphatic carbocycles. The van der Waals surface area contributed by atoms with E-state index in [4.69, 9.17) is 25.8 Å². The van der Waals surface area contributed by atoms with Gasteiger partial charge in [0.1, 0.15) is 0 Å². The molecular formula is C21H28ClNO5. The third-order valence-corrected chi connectivity index (χ3v) is 4.52. The Hall–Kier alpha value is -2.21. The summed E-state index contributed by atoms with van der Waals surface area (Å²) >= 11 is 6.25. The van der Waals surface area contributed by atoms with Gasteiger partial charge in [0, 0.05) is 24.6 Å². The standard InChI is InChI=1S/C21H28ClNO5/c1-13(2)23(14(3)4)21(25)15(5)28-19(24)8-7-16-11-17(22)20-18(12-16)26-9-6-10-27-20/h7-8,11-15H,6,9-10H2,1-5H3/b8-7+/t15-/m1/s1. The van der Waals surface area contributed by atoms with Crippen LogP contribution >= 0.6 is 11.6 Å². The van der Waals surface area contributed by atoms with Gasteiger partial charge in [-0.25, -0.2) is 4.79 Å². The fourth-order valence-electron chi connectivity index (χ4n) is 3.09. The van der Waals surface area contributed by atoms with E-state index in [-0.39, 0.29) is 18.0 Å². The first-order valence-electron chi connectivity index (χ1n) is 9.50. The maximum atomic E-state index is 12.6. The van der Waals surface area contributed by atoms with Crippen LogP contribution in [0.2, 0.25) is 5.02 Å². The van der Waals surface area contributed by atoms with Gasteiger partial charge in [-0.15, -0.1) is 0 Å². The Kier molecular flexibility index (Phi) is 7.75. The zero-order valence-corrected chi connectivity index (χ0v) is 17.8. The summed E-state index contributed by atoms with van der Waals surface area (Å²) in [6, 6.07) is 3.48. The molecule has 0 aromatic heterocycles. The minimum atomic E-state index is -0.866. The molecule has 1 aliphatic heterocycles. The highest BCUT2D eigenvalue weighted by molar-refractivity contribution is 6.32. The van der Waals surface area contributed by atoms with E-state index in [0.29, 0.717) is 35.3 Å². The predicted molar refractivity (Wildman–Crippen MR) is 109 cm³/mol. The van der Waals surface area contributed by atoms with Gasteiger partial charge in [-0.1, -0.05) is 11.6 Å². The monoisotopic (exact) mass is 409 g/mol. The first kappa shape index (κ1) is 22.1. The number of hydrogen-bond acceptors (Lipinski definition) is 5. The maximum absolute atomic E-state index is 12.6. The van der Waals surface area contributed by atoms with Crippen LogP contribution < -0.4 is 9.47 Å². The summed E-state index contributed by atoms with van der Waals surface area (Å²) in [5, 5.41) is 0.417. The molecule has 0 saturated carbocycles. The molecular weight excluding hydrogens is 382 g/mol. The number of halogens is 1. The van der Waals surface area contributed by atoms with Crippen molar-refractivity contribution in [1.29, 1.82) is 0 Å². The van der Waals surface area contributed by atoms with E-state index in [1.54, 1.807) is 30.0 Å². The molecule has 0 radical (unpaired) electrons. The van der Waals surface area contributed by atoms with Crippen molar-refractivity contribution in [2.45, 2.75) is 59.2 Å². The van der Waals surface area contributed by atoms with Crippen LogP contribution in [0.4, 0.5) is 0 Å². The van der Waals surface area contributed by atoms with Gasteiger partial charge in [-0.3, -0.25) is 4.79 Å². The average molecular weight is 410 g/mol. The van der Waals surface area contributed by atoms with Gasteiger partial charge in [0.2, 0.25) is 0 Å². The molecule has 7 heteroatoms. The SMILES string of the molecule is CC(C)N(C(=O)[C@@H](C)OC(=O)/C=C/c1cc(Cl)c2c(c1)OCCCO2)C(C)C. The van der Waals surface area contributed by atoms with Gasteiger partial charge in [0.05, 0.1) is 18.2 Å². The molecule has 0 fully saturated rings. The molecule has 0 spiro atoms. The van der Waals surface area contributed by atoms with Crippen molar-refractivity contribution in [2.24, 2.45) is 0 Å². The summed E-state index contributed by atoms with van der Waals surface area (Å²) in [6.07, 6.45) is 2.75. The van der Waals surface area contributed by atoms with Crippen molar-refractivity contribution in [3.63, 3.8) is 0 Å². The molecule has 2 rings (SSSR count). The van der Waals surface area contributed by atoms with Crippen LogP contribution in [0.1, 0.15) is 46.6 Å². The fraction of sp³-hybridized carbons (Fsp3) is 0.524.